The number of hydrogen-bond donors (Lipinski definition) is 2. The molecule has 3 rings (SSSR count). The molecule has 0 aliphatic carbocycles. The highest BCUT2D eigenvalue weighted by Gasteiger charge is 2.32. The van der Waals surface area contributed by atoms with Crippen LogP contribution in [0.15, 0.2) is 54.4 Å². The molecule has 2 N–H and O–H groups in total. The summed E-state index contributed by atoms with van der Waals surface area (Å²) in [4.78, 5) is 24.4. The minimum absolute atomic E-state index is 0.0611. The molecule has 1 aliphatic rings. The number of rotatable bonds is 9. The number of benzene rings is 2. The van der Waals surface area contributed by atoms with Crippen molar-refractivity contribution in [3.05, 3.63) is 65.8 Å². The zero-order valence-electron chi connectivity index (χ0n) is 17.8. The third-order valence-electron chi connectivity index (χ3n) is 5.04. The first-order valence-electron chi connectivity index (χ1n) is 10.3. The lowest BCUT2D eigenvalue weighted by Crippen LogP contribution is -2.33. The van der Waals surface area contributed by atoms with E-state index < -0.39 is 36.3 Å². The van der Waals surface area contributed by atoms with Gasteiger partial charge in [0.2, 0.25) is 5.91 Å². The molecular formula is C23H23F4N3O3. The molecule has 1 fully saturated rings. The third kappa shape index (κ3) is 6.55. The van der Waals surface area contributed by atoms with Crippen molar-refractivity contribution in [1.82, 2.24) is 10.6 Å². The zero-order valence-corrected chi connectivity index (χ0v) is 17.8. The molecule has 6 nitrogen and oxygen atoms in total. The van der Waals surface area contributed by atoms with E-state index >= 15 is 0 Å². The second-order valence-electron chi connectivity index (χ2n) is 7.51. The van der Waals surface area contributed by atoms with Crippen molar-refractivity contribution >= 4 is 17.7 Å². The molecule has 2 aromatic carbocycles. The van der Waals surface area contributed by atoms with Gasteiger partial charge in [0.25, 0.3) is 0 Å². The van der Waals surface area contributed by atoms with E-state index in [2.05, 4.69) is 10.6 Å². The number of cyclic esters (lactones) is 1. The van der Waals surface area contributed by atoms with Crippen molar-refractivity contribution in [3.8, 4) is 11.1 Å². The first-order chi connectivity index (χ1) is 15.7. The van der Waals surface area contributed by atoms with Gasteiger partial charge in [-0.05, 0) is 29.3 Å². The van der Waals surface area contributed by atoms with Crippen LogP contribution in [0.4, 0.5) is 28.0 Å². The minimum Gasteiger partial charge on any atom is -0.442 e. The summed E-state index contributed by atoms with van der Waals surface area (Å²) < 4.78 is 56.8. The largest absolute Gasteiger partial charge is 0.442 e. The van der Waals surface area contributed by atoms with Gasteiger partial charge in [0.05, 0.1) is 18.8 Å². The normalized spacial score (nSPS) is 15.4. The van der Waals surface area contributed by atoms with Crippen LogP contribution in [0, 0.1) is 5.82 Å². The van der Waals surface area contributed by atoms with Crippen molar-refractivity contribution in [3.63, 3.8) is 0 Å². The number of ether oxygens (including phenoxy) is 1. The minimum atomic E-state index is -2.30. The SMILES string of the molecule is CC(=O)NCC1CN(c2ccc(-c3ccc(CNCCC(F)=C(F)F)cc3)c(F)c2)C(=O)O1. The maximum Gasteiger partial charge on any atom is 0.414 e. The lowest BCUT2D eigenvalue weighted by Gasteiger charge is -2.15. The number of amides is 2. The topological polar surface area (TPSA) is 70.7 Å². The van der Waals surface area contributed by atoms with Gasteiger partial charge in [0.1, 0.15) is 11.9 Å². The maximum absolute atomic E-state index is 14.8. The van der Waals surface area contributed by atoms with E-state index in [1.807, 2.05) is 0 Å². The number of nitrogens with zero attached hydrogens (tertiary/aromatic N) is 1. The van der Waals surface area contributed by atoms with E-state index in [9.17, 15) is 27.2 Å². The Bertz CT molecular complexity index is 1040. The molecule has 0 saturated carbocycles. The van der Waals surface area contributed by atoms with Crippen LogP contribution in [0.3, 0.4) is 0 Å². The lowest BCUT2D eigenvalue weighted by molar-refractivity contribution is -0.119. The summed E-state index contributed by atoms with van der Waals surface area (Å²) in [5.74, 6) is -2.19. The smallest absolute Gasteiger partial charge is 0.414 e. The van der Waals surface area contributed by atoms with Gasteiger partial charge in [-0.1, -0.05) is 24.3 Å². The Balaban J connectivity index is 1.60. The van der Waals surface area contributed by atoms with Crippen molar-refractivity contribution in [2.75, 3.05) is 24.5 Å². The Kier molecular flexibility index (Phi) is 8.05. The molecule has 1 atom stereocenters. The van der Waals surface area contributed by atoms with Gasteiger partial charge in [-0.2, -0.15) is 8.78 Å². The summed E-state index contributed by atoms with van der Waals surface area (Å²) >= 11 is 0. The van der Waals surface area contributed by atoms with E-state index in [1.165, 1.54) is 17.9 Å². The van der Waals surface area contributed by atoms with Gasteiger partial charge in [0, 0.05) is 32.0 Å². The predicted octanol–water partition coefficient (Wildman–Crippen LogP) is 4.51. The van der Waals surface area contributed by atoms with Gasteiger partial charge in [-0.25, -0.2) is 13.6 Å². The number of nitrogens with one attached hydrogen (secondary N) is 2. The molecule has 0 radical (unpaired) electrons. The molecule has 2 amide bonds. The average Bonchev–Trinajstić information content (AvgIpc) is 3.16. The second kappa shape index (κ2) is 11.0. The fraction of sp³-hybridized carbons (Fsp3) is 0.304. The number of hydrogen-bond acceptors (Lipinski definition) is 4. The van der Waals surface area contributed by atoms with E-state index in [1.54, 1.807) is 36.4 Å². The molecule has 0 spiro atoms. The van der Waals surface area contributed by atoms with Gasteiger partial charge in [-0.3, -0.25) is 9.69 Å². The van der Waals surface area contributed by atoms with Gasteiger partial charge in [0.15, 0.2) is 5.83 Å². The highest BCUT2D eigenvalue weighted by Crippen LogP contribution is 2.29. The summed E-state index contributed by atoms with van der Waals surface area (Å²) in [6, 6.07) is 11.4. The van der Waals surface area contributed by atoms with Crippen LogP contribution in [-0.4, -0.2) is 37.7 Å². The predicted molar refractivity (Wildman–Crippen MR) is 115 cm³/mol. The van der Waals surface area contributed by atoms with Crippen molar-refractivity contribution < 1.29 is 31.9 Å². The molecule has 2 aromatic rings. The van der Waals surface area contributed by atoms with Gasteiger partial charge in [-0.15, -0.1) is 0 Å². The molecule has 0 aromatic heterocycles. The van der Waals surface area contributed by atoms with Crippen LogP contribution in [0.1, 0.15) is 18.9 Å². The van der Waals surface area contributed by atoms with E-state index in [-0.39, 0.29) is 25.5 Å². The Morgan fingerprint density at radius 1 is 1.15 bits per heavy atom. The van der Waals surface area contributed by atoms with Crippen LogP contribution < -0.4 is 15.5 Å². The van der Waals surface area contributed by atoms with Gasteiger partial charge >= 0.3 is 12.2 Å². The monoisotopic (exact) mass is 465 g/mol. The highest BCUT2D eigenvalue weighted by molar-refractivity contribution is 5.90. The summed E-state index contributed by atoms with van der Waals surface area (Å²) in [5, 5.41) is 5.45. The van der Waals surface area contributed by atoms with Crippen molar-refractivity contribution in [2.24, 2.45) is 0 Å². The zero-order chi connectivity index (χ0) is 24.0. The van der Waals surface area contributed by atoms with Crippen LogP contribution in [0.25, 0.3) is 11.1 Å². The first-order valence-corrected chi connectivity index (χ1v) is 10.3. The average molecular weight is 465 g/mol. The van der Waals surface area contributed by atoms with Gasteiger partial charge < -0.3 is 15.4 Å². The fourth-order valence-corrected chi connectivity index (χ4v) is 3.33. The molecule has 33 heavy (non-hydrogen) atoms. The lowest BCUT2D eigenvalue weighted by atomic mass is 10.0. The summed E-state index contributed by atoms with van der Waals surface area (Å²) in [7, 11) is 0. The molecule has 0 bridgehead atoms. The highest BCUT2D eigenvalue weighted by atomic mass is 19.3. The maximum atomic E-state index is 14.8. The molecule has 10 heteroatoms. The number of halogens is 4. The van der Waals surface area contributed by atoms with Crippen LogP contribution in [0.5, 0.6) is 0 Å². The molecular weight excluding hydrogens is 442 g/mol. The molecule has 1 unspecified atom stereocenters. The van der Waals surface area contributed by atoms with Crippen LogP contribution >= 0.6 is 0 Å². The molecule has 176 valence electrons. The van der Waals surface area contributed by atoms with E-state index in [0.717, 1.165) is 5.56 Å². The summed E-state index contributed by atoms with van der Waals surface area (Å²) in [6.07, 6.45) is -3.83. The standard InChI is InChI=1S/C23H23F4N3O3/c1-14(31)29-12-18-13-30(23(32)33-18)17-6-7-19(21(25)10-17)16-4-2-15(3-5-16)11-28-9-8-20(24)22(26)27/h2-7,10,18,28H,8-9,11-13H2,1H3,(H,29,31). The number of carbonyl (C=O) groups is 2. The second-order valence-corrected chi connectivity index (χ2v) is 7.51. The molecule has 1 saturated heterocycles. The fourth-order valence-electron chi connectivity index (χ4n) is 3.33. The number of anilines is 1. The summed E-state index contributed by atoms with van der Waals surface area (Å²) in [6.45, 7) is 2.14. The Labute approximate surface area is 188 Å². The Hall–Kier alpha value is -3.40. The van der Waals surface area contributed by atoms with Crippen molar-refractivity contribution in [2.45, 2.75) is 26.0 Å². The first kappa shape index (κ1) is 24.2. The third-order valence-corrected chi connectivity index (χ3v) is 5.04. The number of carbonyl (C=O) groups excluding carboxylic acids is 2. The van der Waals surface area contributed by atoms with E-state index in [0.29, 0.717) is 23.4 Å². The van der Waals surface area contributed by atoms with Crippen LogP contribution in [-0.2, 0) is 16.1 Å². The Morgan fingerprint density at radius 2 is 1.88 bits per heavy atom. The Morgan fingerprint density at radius 3 is 2.52 bits per heavy atom. The van der Waals surface area contributed by atoms with E-state index in [4.69, 9.17) is 4.74 Å². The van der Waals surface area contributed by atoms with Crippen molar-refractivity contribution in [1.29, 1.82) is 0 Å². The molecule has 1 aliphatic heterocycles. The summed E-state index contributed by atoms with van der Waals surface area (Å²) in [5.41, 5.74) is 2.12. The quantitative estimate of drug-likeness (QED) is 0.422. The molecule has 1 heterocycles. The van der Waals surface area contributed by atoms with Crippen LogP contribution in [0.2, 0.25) is 0 Å².